The molecule has 1 aliphatic rings. The molecule has 1 rings (SSSR count). The van der Waals surface area contributed by atoms with E-state index in [0.717, 1.165) is 77.0 Å². The van der Waals surface area contributed by atoms with Crippen LogP contribution in [0.5, 0.6) is 0 Å². The Hall–Kier alpha value is -1.55. The Morgan fingerprint density at radius 2 is 1.16 bits per heavy atom. The number of likely N-dealkylation sites (N-methyl/N-ethyl adjacent to an activating group) is 1. The monoisotopic (exact) mass is 801 g/mol. The fraction of sp³-hybridized carbons (Fsp3) is 0.864. The molecule has 0 radical (unpaired) electrons. The number of esters is 2. The van der Waals surface area contributed by atoms with Crippen LogP contribution >= 0.6 is 7.82 Å². The number of rotatable bonds is 39. The molecule has 1 saturated heterocycles. The second-order valence-corrected chi connectivity index (χ2v) is 17.9. The molecule has 0 spiro atoms. The Labute approximate surface area is 336 Å². The van der Waals surface area contributed by atoms with Gasteiger partial charge in [0.15, 0.2) is 6.10 Å². The lowest BCUT2D eigenvalue weighted by molar-refractivity contribution is -0.870. The number of carbonyl (C=O) groups is 2. The highest BCUT2D eigenvalue weighted by Gasteiger charge is 2.36. The number of quaternary nitrogens is 1. The first-order valence-electron chi connectivity index (χ1n) is 22.2. The molecule has 3 unspecified atom stereocenters. The molecule has 0 amide bonds. The molecule has 322 valence electrons. The van der Waals surface area contributed by atoms with Gasteiger partial charge in [-0.05, 0) is 64.2 Å². The number of hydrogen-bond acceptors (Lipinski definition) is 8. The predicted molar refractivity (Wildman–Crippen MR) is 224 cm³/mol. The molecule has 0 saturated carbocycles. The lowest BCUT2D eigenvalue weighted by atomic mass is 10.1. The van der Waals surface area contributed by atoms with Gasteiger partial charge in [0.2, 0.25) is 0 Å². The molecule has 0 aromatic rings. The van der Waals surface area contributed by atoms with Gasteiger partial charge >= 0.3 is 19.8 Å². The highest BCUT2D eigenvalue weighted by Crippen LogP contribution is 2.43. The first-order valence-corrected chi connectivity index (χ1v) is 23.7. The van der Waals surface area contributed by atoms with Crippen LogP contribution in [0.4, 0.5) is 0 Å². The third kappa shape index (κ3) is 34.2. The summed E-state index contributed by atoms with van der Waals surface area (Å²) in [6, 6.07) is 0. The second kappa shape index (κ2) is 33.4. The van der Waals surface area contributed by atoms with Crippen LogP contribution in [0.2, 0.25) is 0 Å². The molecule has 10 nitrogen and oxygen atoms in total. The number of phosphoric ester groups is 1. The van der Waals surface area contributed by atoms with E-state index >= 15 is 0 Å². The zero-order valence-electron chi connectivity index (χ0n) is 35.9. The van der Waals surface area contributed by atoms with Gasteiger partial charge in [0.05, 0.1) is 40.0 Å². The second-order valence-electron chi connectivity index (χ2n) is 16.5. The maximum atomic E-state index is 12.7. The van der Waals surface area contributed by atoms with E-state index in [1.165, 1.54) is 70.6 Å². The van der Waals surface area contributed by atoms with Gasteiger partial charge in [-0.2, -0.15) is 0 Å². The standard InChI is InChI=1S/C44H82NO9P/c1-6-8-10-11-12-13-14-15-16-17-18-19-24-27-31-35-44(47)53-40(39-52-55(48,49)51-37-36-45(3,4)5)38-50-43(46)34-30-26-23-21-20-22-25-29-33-42-41(54-42)32-28-9-7-2/h15-16,25,29,40-42H,6-14,17-24,26-28,30-39H2,1-5H3/p+1/b16-15-,29-25-/t40-,41?,42?/m1/s1. The summed E-state index contributed by atoms with van der Waals surface area (Å²) in [6.07, 6.45) is 36.7. The lowest BCUT2D eigenvalue weighted by Crippen LogP contribution is -2.37. The summed E-state index contributed by atoms with van der Waals surface area (Å²) < 4.78 is 40.0. The minimum Gasteiger partial charge on any atom is -0.462 e. The van der Waals surface area contributed by atoms with Crippen LogP contribution in [0.1, 0.15) is 181 Å². The van der Waals surface area contributed by atoms with Crippen molar-refractivity contribution in [1.29, 1.82) is 0 Å². The third-order valence-corrected chi connectivity index (χ3v) is 10.9. The number of ether oxygens (including phenoxy) is 3. The van der Waals surface area contributed by atoms with Gasteiger partial charge in [-0.15, -0.1) is 0 Å². The minimum atomic E-state index is -4.38. The van der Waals surface area contributed by atoms with Crippen LogP contribution in [0.25, 0.3) is 0 Å². The SMILES string of the molecule is CCCCCCCC/C=C\CCCCCCCC(=O)O[C@H](COC(=O)CCCCCCC/C=C\CC1OC1CCCCC)COP(=O)(O)OCC[N+](C)(C)C. The van der Waals surface area contributed by atoms with Gasteiger partial charge in [0.1, 0.15) is 19.8 Å². The van der Waals surface area contributed by atoms with Crippen molar-refractivity contribution in [3.05, 3.63) is 24.3 Å². The molecule has 1 heterocycles. The molecule has 55 heavy (non-hydrogen) atoms. The summed E-state index contributed by atoms with van der Waals surface area (Å²) in [5.74, 6) is -0.828. The fourth-order valence-electron chi connectivity index (χ4n) is 6.25. The first-order chi connectivity index (χ1) is 26.5. The van der Waals surface area contributed by atoms with Crippen LogP contribution in [0, 0.1) is 0 Å². The maximum absolute atomic E-state index is 12.7. The van der Waals surface area contributed by atoms with Crippen LogP contribution in [-0.4, -0.2) is 87.1 Å². The number of nitrogens with zero attached hydrogens (tertiary/aromatic N) is 1. The molecule has 0 aromatic carbocycles. The molecule has 0 bridgehead atoms. The molecule has 0 aromatic heterocycles. The summed E-state index contributed by atoms with van der Waals surface area (Å²) in [4.78, 5) is 35.4. The van der Waals surface area contributed by atoms with Crippen molar-refractivity contribution in [2.75, 3.05) is 47.5 Å². The van der Waals surface area contributed by atoms with Crippen molar-refractivity contribution in [2.24, 2.45) is 0 Å². The summed E-state index contributed by atoms with van der Waals surface area (Å²) in [7, 11) is 1.46. The highest BCUT2D eigenvalue weighted by molar-refractivity contribution is 7.47. The Bertz CT molecular complexity index is 1060. The molecular formula is C44H83NO9P+. The first kappa shape index (κ1) is 51.5. The van der Waals surface area contributed by atoms with Gasteiger partial charge < -0.3 is 23.6 Å². The average molecular weight is 801 g/mol. The lowest BCUT2D eigenvalue weighted by Gasteiger charge is -2.24. The fourth-order valence-corrected chi connectivity index (χ4v) is 6.99. The number of unbranched alkanes of at least 4 members (excludes halogenated alkanes) is 18. The van der Waals surface area contributed by atoms with E-state index in [4.69, 9.17) is 23.3 Å². The van der Waals surface area contributed by atoms with E-state index in [9.17, 15) is 19.0 Å². The molecule has 4 atom stereocenters. The van der Waals surface area contributed by atoms with Crippen LogP contribution in [0.3, 0.4) is 0 Å². The summed E-state index contributed by atoms with van der Waals surface area (Å²) in [6.45, 7) is 4.36. The van der Waals surface area contributed by atoms with E-state index < -0.39 is 26.5 Å². The predicted octanol–water partition coefficient (Wildman–Crippen LogP) is 11.3. The minimum absolute atomic E-state index is 0.0262. The number of phosphoric acid groups is 1. The van der Waals surface area contributed by atoms with Crippen molar-refractivity contribution >= 4 is 19.8 Å². The van der Waals surface area contributed by atoms with E-state index in [0.29, 0.717) is 29.7 Å². The number of carbonyl (C=O) groups excluding carboxylic acids is 2. The van der Waals surface area contributed by atoms with Crippen LogP contribution < -0.4 is 0 Å². The van der Waals surface area contributed by atoms with Crippen LogP contribution in [0.15, 0.2) is 24.3 Å². The van der Waals surface area contributed by atoms with Gasteiger partial charge in [-0.25, -0.2) is 4.57 Å². The Kier molecular flexibility index (Phi) is 31.3. The number of epoxide rings is 1. The summed E-state index contributed by atoms with van der Waals surface area (Å²) >= 11 is 0. The van der Waals surface area contributed by atoms with Crippen molar-refractivity contribution in [1.82, 2.24) is 0 Å². The topological polar surface area (TPSA) is 121 Å². The zero-order valence-corrected chi connectivity index (χ0v) is 36.8. The van der Waals surface area contributed by atoms with Gasteiger partial charge in [0, 0.05) is 12.8 Å². The van der Waals surface area contributed by atoms with Gasteiger partial charge in [0.25, 0.3) is 0 Å². The van der Waals surface area contributed by atoms with Crippen molar-refractivity contribution in [2.45, 2.75) is 199 Å². The van der Waals surface area contributed by atoms with E-state index in [2.05, 4.69) is 38.2 Å². The Balaban J connectivity index is 2.28. The third-order valence-electron chi connectivity index (χ3n) is 9.88. The summed E-state index contributed by atoms with van der Waals surface area (Å²) in [5, 5.41) is 0. The van der Waals surface area contributed by atoms with Crippen molar-refractivity contribution < 1.29 is 46.8 Å². The molecule has 0 aliphatic carbocycles. The molecular weight excluding hydrogens is 717 g/mol. The quantitative estimate of drug-likeness (QED) is 0.0162. The summed E-state index contributed by atoms with van der Waals surface area (Å²) in [5.41, 5.74) is 0. The smallest absolute Gasteiger partial charge is 0.462 e. The molecule has 1 fully saturated rings. The molecule has 11 heteroatoms. The maximum Gasteiger partial charge on any atom is 0.472 e. The van der Waals surface area contributed by atoms with Gasteiger partial charge in [-0.3, -0.25) is 18.6 Å². The van der Waals surface area contributed by atoms with Crippen molar-refractivity contribution in [3.63, 3.8) is 0 Å². The Morgan fingerprint density at radius 3 is 1.75 bits per heavy atom. The number of allylic oxidation sites excluding steroid dienone is 3. The van der Waals surface area contributed by atoms with E-state index in [-0.39, 0.29) is 32.0 Å². The van der Waals surface area contributed by atoms with Crippen molar-refractivity contribution in [3.8, 4) is 0 Å². The normalized spacial score (nSPS) is 17.5. The van der Waals surface area contributed by atoms with Gasteiger partial charge in [-0.1, -0.05) is 128 Å². The van der Waals surface area contributed by atoms with E-state index in [1.807, 2.05) is 21.1 Å². The Morgan fingerprint density at radius 1 is 0.655 bits per heavy atom. The molecule has 1 N–H and O–H groups in total. The zero-order chi connectivity index (χ0) is 40.5. The molecule has 1 aliphatic heterocycles. The van der Waals surface area contributed by atoms with E-state index in [1.54, 1.807) is 0 Å². The average Bonchev–Trinajstić information content (AvgIpc) is 3.89. The largest absolute Gasteiger partial charge is 0.472 e. The highest BCUT2D eigenvalue weighted by atomic mass is 31.2. The van der Waals surface area contributed by atoms with Crippen LogP contribution in [-0.2, 0) is 37.4 Å². The number of hydrogen-bond donors (Lipinski definition) is 1.